The first-order chi connectivity index (χ1) is 19.0. The number of halogens is 9. The van der Waals surface area contributed by atoms with Gasteiger partial charge in [-0.25, -0.2) is 39.2 Å². The van der Waals surface area contributed by atoms with Crippen molar-refractivity contribution in [1.29, 1.82) is 0 Å². The van der Waals surface area contributed by atoms with Crippen molar-refractivity contribution in [1.82, 2.24) is 0 Å². The molecule has 0 radical (unpaired) electrons. The molecule has 0 unspecified atom stereocenters. The molecule has 0 atom stereocenters. The van der Waals surface area contributed by atoms with Gasteiger partial charge in [-0.1, -0.05) is 13.8 Å². The average molecular weight is 1190 g/mol. The van der Waals surface area contributed by atoms with Crippen molar-refractivity contribution in [3.05, 3.63) is 58.7 Å². The number of anilines is 2. The van der Waals surface area contributed by atoms with Crippen LogP contribution in [0.5, 0.6) is 0 Å². The van der Waals surface area contributed by atoms with E-state index in [1.165, 1.54) is 0 Å². The van der Waals surface area contributed by atoms with E-state index in [2.05, 4.69) is 74.5 Å². The molecule has 0 spiro atoms. The summed E-state index contributed by atoms with van der Waals surface area (Å²) in [6.45, 7) is 4.27. The van der Waals surface area contributed by atoms with Gasteiger partial charge < -0.3 is 5.11 Å². The van der Waals surface area contributed by atoms with E-state index in [4.69, 9.17) is 5.11 Å². The van der Waals surface area contributed by atoms with Gasteiger partial charge in [-0.2, -0.15) is 0 Å². The topological polar surface area (TPSA) is 147 Å². The summed E-state index contributed by atoms with van der Waals surface area (Å²) < 4.78 is 103. The summed E-state index contributed by atoms with van der Waals surface area (Å²) in [6, 6.07) is 3.33. The van der Waals surface area contributed by atoms with E-state index in [0.29, 0.717) is 32.2 Å². The number of carboxylic acids is 1. The Hall–Kier alpha value is 0.450. The Morgan fingerprint density at radius 3 is 1.39 bits per heavy atom. The van der Waals surface area contributed by atoms with Crippen LogP contribution in [0.25, 0.3) is 0 Å². The third-order valence-electron chi connectivity index (χ3n) is 4.22. The first kappa shape index (κ1) is 43.6. The fourth-order valence-electron chi connectivity index (χ4n) is 2.76. The van der Waals surface area contributed by atoms with Crippen LogP contribution in [0.15, 0.2) is 24.3 Å². The quantitative estimate of drug-likeness (QED) is 0.178. The minimum atomic E-state index is -3.77. The molecule has 9 nitrogen and oxygen atoms in total. The molecule has 0 bridgehead atoms. The zero-order valence-corrected chi connectivity index (χ0v) is 33.7. The number of ketones is 1. The van der Waals surface area contributed by atoms with Gasteiger partial charge in [0.1, 0.15) is 17.2 Å². The summed E-state index contributed by atoms with van der Waals surface area (Å²) >= 11 is 9.54. The second-order valence-electron chi connectivity index (χ2n) is 7.33. The maximum absolute atomic E-state index is 13.8. The van der Waals surface area contributed by atoms with Gasteiger partial charge >= 0.3 is 56.5 Å². The van der Waals surface area contributed by atoms with Crippen molar-refractivity contribution >= 4 is 118 Å². The zero-order valence-electron chi connectivity index (χ0n) is 21.3. The van der Waals surface area contributed by atoms with E-state index in [1.807, 2.05) is 9.44 Å². The number of Topliss-reactive ketones (excluding diaryl/α,β-unsaturated/α-hetero) is 1. The first-order valence-corrected chi connectivity index (χ1v) is 32.9. The monoisotopic (exact) mass is 1190 g/mol. The molecule has 236 valence electrons. The molecule has 0 heterocycles. The molecular weight excluding hydrogens is 1170 g/mol. The Morgan fingerprint density at radius 1 is 0.780 bits per heavy atom. The van der Waals surface area contributed by atoms with E-state index in [-0.39, 0.29) is 11.5 Å². The van der Waals surface area contributed by atoms with Crippen LogP contribution in [-0.4, -0.2) is 45.2 Å². The molecule has 0 amide bonds. The Labute approximate surface area is 289 Å². The molecule has 0 fully saturated rings. The molecule has 0 saturated carbocycles. The Morgan fingerprint density at radius 2 is 1.10 bits per heavy atom. The number of carboxylic acid groups (broad SMARTS) is 1. The van der Waals surface area contributed by atoms with Crippen LogP contribution in [0.3, 0.4) is 0 Å². The Bertz CT molecular complexity index is 1280. The molecule has 0 aliphatic rings. The van der Waals surface area contributed by atoms with Gasteiger partial charge in [0.05, 0.1) is 28.4 Å². The third kappa shape index (κ3) is 16.4. The summed E-state index contributed by atoms with van der Waals surface area (Å²) in [6.07, 6.45) is 0.668. The third-order valence-corrected chi connectivity index (χ3v) is 7.18. The van der Waals surface area contributed by atoms with Crippen LogP contribution in [0, 0.1) is 23.3 Å². The number of carbonyl (C=O) groups is 2. The van der Waals surface area contributed by atoms with E-state index in [0.717, 1.165) is 25.1 Å². The molecule has 20 heteroatoms. The van der Waals surface area contributed by atoms with E-state index < -0.39 is 77.6 Å². The second-order valence-corrected chi connectivity index (χ2v) is 27.3. The molecule has 41 heavy (non-hydrogen) atoms. The predicted molar refractivity (Wildman–Crippen MR) is 181 cm³/mol. The summed E-state index contributed by atoms with van der Waals surface area (Å²) in [5, 5.41) is 8.62. The first-order valence-electron chi connectivity index (χ1n) is 10.7. The number of nitrogens with one attached hydrogen (secondary N) is 2. The van der Waals surface area contributed by atoms with E-state index in [9.17, 15) is 44.0 Å². The standard InChI is InChI=1S/C11H13F2NO3S.C10H11F2NO4S.I3.I2/c1-3-6-18(16,17)14-9-5-4-8(12)10(7(2)15)11(9)13;1-2-5-18(16,17)13-7-4-3-6(11)8(9(7)12)10(14)15;1-3-2;1-2/h4-5,14H,3,6H2,1-2H3;3-4,13H,2,5H2,1H3,(H,14,15);;/q;;-1;. The van der Waals surface area contributed by atoms with Gasteiger partial charge in [-0.05, 0) is 44.0 Å². The van der Waals surface area contributed by atoms with Crippen molar-refractivity contribution in [2.75, 3.05) is 20.9 Å². The number of carbonyl (C=O) groups excluding carboxylic acids is 1. The Kier molecular flexibility index (Phi) is 23.4. The number of rotatable bonds is 10. The fourth-order valence-corrected chi connectivity index (χ4v) is 5.02. The molecule has 2 aromatic rings. The fraction of sp³-hybridized carbons (Fsp3) is 0.333. The van der Waals surface area contributed by atoms with Crippen LogP contribution >= 0.6 is 74.5 Å². The molecule has 2 rings (SSSR count). The van der Waals surface area contributed by atoms with Crippen molar-refractivity contribution < 1.29 is 62.3 Å². The van der Waals surface area contributed by atoms with Crippen LogP contribution in [0.2, 0.25) is 0 Å². The second kappa shape index (κ2) is 22.0. The van der Waals surface area contributed by atoms with Gasteiger partial charge in [-0.15, -0.1) is 0 Å². The summed E-state index contributed by atoms with van der Waals surface area (Å²) in [4.78, 5) is 21.7. The number of sulfonamides is 2. The van der Waals surface area contributed by atoms with Crippen molar-refractivity contribution in [3.63, 3.8) is 0 Å². The van der Waals surface area contributed by atoms with Crippen molar-refractivity contribution in [2.24, 2.45) is 0 Å². The molecule has 2 aromatic carbocycles. The van der Waals surface area contributed by atoms with Crippen molar-refractivity contribution in [2.45, 2.75) is 33.6 Å². The Balaban J connectivity index is 0. The SMILES string of the molecule is CCCS(=O)(=O)Nc1ccc(F)c(C(=O)O)c1F.CCCS(=O)(=O)Nc1ccc(F)c(C(C)=O)c1F.II.I[I-]I. The maximum atomic E-state index is 13.8. The van der Waals surface area contributed by atoms with Gasteiger partial charge in [0.15, 0.2) is 17.4 Å². The van der Waals surface area contributed by atoms with Crippen LogP contribution in [0.1, 0.15) is 54.3 Å². The van der Waals surface area contributed by atoms with Crippen LogP contribution in [-0.2, 0) is 20.0 Å². The summed E-state index contributed by atoms with van der Waals surface area (Å²) in [5.41, 5.74) is -2.93. The number of hydrogen-bond donors (Lipinski definition) is 3. The van der Waals surface area contributed by atoms with Gasteiger partial charge in [0.2, 0.25) is 20.0 Å². The van der Waals surface area contributed by atoms with Gasteiger partial charge in [0, 0.05) is 37.2 Å². The molecular formula is C21H24F4I5N2O7S2-. The van der Waals surface area contributed by atoms with Crippen LogP contribution in [0.4, 0.5) is 28.9 Å². The number of aromatic carboxylic acids is 1. The van der Waals surface area contributed by atoms with Crippen LogP contribution < -0.4 is 22.7 Å². The normalized spacial score (nSPS) is 10.6. The molecule has 0 aliphatic heterocycles. The molecule has 3 N–H and O–H groups in total. The summed E-state index contributed by atoms with van der Waals surface area (Å²) in [5.74, 6) is -7.95. The predicted octanol–water partition coefficient (Wildman–Crippen LogP) is 4.68. The molecule has 0 aromatic heterocycles. The van der Waals surface area contributed by atoms with Crippen molar-refractivity contribution in [3.8, 4) is 0 Å². The molecule has 0 aliphatic carbocycles. The average Bonchev–Trinajstić information content (AvgIpc) is 2.84. The van der Waals surface area contributed by atoms with E-state index in [1.54, 1.807) is 13.8 Å². The number of benzene rings is 2. The number of hydrogen-bond acceptors (Lipinski definition) is 6. The van der Waals surface area contributed by atoms with Gasteiger partial charge in [-0.3, -0.25) is 14.2 Å². The van der Waals surface area contributed by atoms with Gasteiger partial charge in [0.25, 0.3) is 0 Å². The zero-order chi connectivity index (χ0) is 32.6. The minimum absolute atomic E-state index is 0.181. The molecule has 0 saturated heterocycles. The van der Waals surface area contributed by atoms with E-state index >= 15 is 0 Å². The summed E-state index contributed by atoms with van der Waals surface area (Å²) in [7, 11) is -7.45.